The summed E-state index contributed by atoms with van der Waals surface area (Å²) >= 11 is 0. The van der Waals surface area contributed by atoms with Crippen molar-refractivity contribution in [2.24, 2.45) is 5.92 Å². The Hall–Kier alpha value is -3.83. The van der Waals surface area contributed by atoms with Gasteiger partial charge in [0.05, 0.1) is 29.8 Å². The van der Waals surface area contributed by atoms with E-state index in [0.29, 0.717) is 48.8 Å². The molecule has 3 aromatic rings. The third kappa shape index (κ3) is 6.30. The Balaban J connectivity index is 1.47. The number of anilines is 2. The summed E-state index contributed by atoms with van der Waals surface area (Å²) in [7, 11) is 1.56. The zero-order chi connectivity index (χ0) is 26.8. The molecule has 0 radical (unpaired) electrons. The number of carbonyl (C=O) groups is 1. The van der Waals surface area contributed by atoms with E-state index >= 15 is 0 Å². The van der Waals surface area contributed by atoms with Gasteiger partial charge in [0.25, 0.3) is 0 Å². The van der Waals surface area contributed by atoms with Crippen molar-refractivity contribution in [2.45, 2.75) is 25.2 Å². The standard InChI is InChI=1S/C25H22F6N4O2/c1-37-20-6-4-15(5-7-20)21-8-9-22(34-33-21)35-10-2-3-16(14-35)23(36)32-19-12-17(24(26,27)28)11-18(13-19)25(29,30)31/h4-9,11-13,16H,2-3,10,14H2,1H3,(H,32,36). The second kappa shape index (κ2) is 10.3. The SMILES string of the molecule is COc1ccc(-c2ccc(N3CCCC(C(=O)Nc4cc(C(F)(F)F)cc(C(F)(F)F)c4)C3)nn2)cc1. The molecule has 1 unspecified atom stereocenters. The van der Waals surface area contributed by atoms with Crippen LogP contribution >= 0.6 is 0 Å². The average molecular weight is 524 g/mol. The highest BCUT2D eigenvalue weighted by Crippen LogP contribution is 2.38. The minimum atomic E-state index is -5.00. The molecule has 4 rings (SSSR count). The molecule has 1 amide bonds. The van der Waals surface area contributed by atoms with Gasteiger partial charge in [-0.25, -0.2) is 0 Å². The highest BCUT2D eigenvalue weighted by molar-refractivity contribution is 5.93. The largest absolute Gasteiger partial charge is 0.497 e. The van der Waals surface area contributed by atoms with Crippen molar-refractivity contribution >= 4 is 17.4 Å². The molecule has 1 saturated heterocycles. The number of benzene rings is 2. The number of methoxy groups -OCH3 is 1. The highest BCUT2D eigenvalue weighted by atomic mass is 19.4. The summed E-state index contributed by atoms with van der Waals surface area (Å²) in [5.41, 5.74) is -2.09. The summed E-state index contributed by atoms with van der Waals surface area (Å²) in [4.78, 5) is 14.6. The van der Waals surface area contributed by atoms with Crippen LogP contribution in [0.4, 0.5) is 37.8 Å². The van der Waals surface area contributed by atoms with Crippen LogP contribution in [-0.4, -0.2) is 36.3 Å². The van der Waals surface area contributed by atoms with Gasteiger partial charge in [0.15, 0.2) is 5.82 Å². The van der Waals surface area contributed by atoms with Gasteiger partial charge in [-0.1, -0.05) is 0 Å². The molecule has 6 nitrogen and oxygen atoms in total. The second-order valence-electron chi connectivity index (χ2n) is 8.57. The molecule has 196 valence electrons. The van der Waals surface area contributed by atoms with Crippen LogP contribution in [0.3, 0.4) is 0 Å². The van der Waals surface area contributed by atoms with E-state index in [9.17, 15) is 31.1 Å². The van der Waals surface area contributed by atoms with Gasteiger partial charge in [0.1, 0.15) is 5.75 Å². The quantitative estimate of drug-likeness (QED) is 0.412. The third-order valence-electron chi connectivity index (χ3n) is 6.01. The zero-order valence-corrected chi connectivity index (χ0v) is 19.5. The topological polar surface area (TPSA) is 67.3 Å². The first-order valence-electron chi connectivity index (χ1n) is 11.3. The van der Waals surface area contributed by atoms with Crippen molar-refractivity contribution in [3.63, 3.8) is 0 Å². The zero-order valence-electron chi connectivity index (χ0n) is 19.5. The molecule has 1 aliphatic heterocycles. The molecule has 2 heterocycles. The van der Waals surface area contributed by atoms with E-state index < -0.39 is 41.0 Å². The maximum Gasteiger partial charge on any atom is 0.416 e. The van der Waals surface area contributed by atoms with Crippen LogP contribution in [0.25, 0.3) is 11.3 Å². The van der Waals surface area contributed by atoms with Crippen molar-refractivity contribution in [3.05, 3.63) is 65.7 Å². The predicted molar refractivity (Wildman–Crippen MR) is 124 cm³/mol. The summed E-state index contributed by atoms with van der Waals surface area (Å²) in [6, 6.07) is 11.8. The molecule has 1 fully saturated rings. The molecule has 0 aliphatic carbocycles. The van der Waals surface area contributed by atoms with Gasteiger partial charge in [0, 0.05) is 24.3 Å². The van der Waals surface area contributed by atoms with Gasteiger partial charge in [-0.2, -0.15) is 26.3 Å². The molecule has 37 heavy (non-hydrogen) atoms. The second-order valence-corrected chi connectivity index (χ2v) is 8.57. The van der Waals surface area contributed by atoms with E-state index in [1.165, 1.54) is 0 Å². The number of piperidine rings is 1. The summed E-state index contributed by atoms with van der Waals surface area (Å²) in [6.07, 6.45) is -9.00. The van der Waals surface area contributed by atoms with E-state index in [2.05, 4.69) is 15.5 Å². The first-order chi connectivity index (χ1) is 17.4. The van der Waals surface area contributed by atoms with Gasteiger partial charge >= 0.3 is 12.4 Å². The lowest BCUT2D eigenvalue weighted by Gasteiger charge is -2.32. The molecule has 1 N–H and O–H groups in total. The van der Waals surface area contributed by atoms with Crippen LogP contribution in [-0.2, 0) is 17.1 Å². The van der Waals surface area contributed by atoms with Crippen molar-refractivity contribution in [3.8, 4) is 17.0 Å². The van der Waals surface area contributed by atoms with Gasteiger partial charge in [-0.15, -0.1) is 10.2 Å². The van der Waals surface area contributed by atoms with Crippen molar-refractivity contribution < 1.29 is 35.9 Å². The first-order valence-corrected chi connectivity index (χ1v) is 11.3. The van der Waals surface area contributed by atoms with Crippen LogP contribution in [0.15, 0.2) is 54.6 Å². The van der Waals surface area contributed by atoms with Crippen LogP contribution in [0.1, 0.15) is 24.0 Å². The van der Waals surface area contributed by atoms with Crippen molar-refractivity contribution in [1.82, 2.24) is 10.2 Å². The number of amides is 1. The van der Waals surface area contributed by atoms with E-state index in [0.717, 1.165) is 5.56 Å². The number of aromatic nitrogens is 2. The number of nitrogens with zero attached hydrogens (tertiary/aromatic N) is 3. The minimum Gasteiger partial charge on any atom is -0.497 e. The third-order valence-corrected chi connectivity index (χ3v) is 6.01. The Morgan fingerprint density at radius 3 is 2.14 bits per heavy atom. The van der Waals surface area contributed by atoms with E-state index in [-0.39, 0.29) is 12.6 Å². The molecule has 0 bridgehead atoms. The Bertz CT molecular complexity index is 1210. The van der Waals surface area contributed by atoms with E-state index in [1.54, 1.807) is 31.4 Å². The molecule has 1 aliphatic rings. The van der Waals surface area contributed by atoms with Crippen LogP contribution in [0.2, 0.25) is 0 Å². The fourth-order valence-corrected chi connectivity index (χ4v) is 4.08. The fourth-order valence-electron chi connectivity index (χ4n) is 4.08. The molecule has 0 spiro atoms. The number of halogens is 6. The fraction of sp³-hybridized carbons (Fsp3) is 0.320. The van der Waals surface area contributed by atoms with Gasteiger partial charge in [-0.05, 0) is 67.4 Å². The van der Waals surface area contributed by atoms with Crippen molar-refractivity contribution in [2.75, 3.05) is 30.4 Å². The maximum absolute atomic E-state index is 13.1. The summed E-state index contributed by atoms with van der Waals surface area (Å²) in [5, 5.41) is 10.7. The van der Waals surface area contributed by atoms with Gasteiger partial charge in [-0.3, -0.25) is 4.79 Å². The lowest BCUT2D eigenvalue weighted by molar-refractivity contribution is -0.143. The monoisotopic (exact) mass is 524 g/mol. The van der Waals surface area contributed by atoms with E-state index in [1.807, 2.05) is 17.0 Å². The highest BCUT2D eigenvalue weighted by Gasteiger charge is 2.37. The van der Waals surface area contributed by atoms with Crippen LogP contribution in [0.5, 0.6) is 5.75 Å². The minimum absolute atomic E-state index is 0.0201. The Morgan fingerprint density at radius 1 is 0.946 bits per heavy atom. The number of carbonyl (C=O) groups excluding carboxylic acids is 1. The van der Waals surface area contributed by atoms with Gasteiger partial charge < -0.3 is 15.0 Å². The number of nitrogens with one attached hydrogen (secondary N) is 1. The Kier molecular flexibility index (Phi) is 7.28. The van der Waals surface area contributed by atoms with E-state index in [4.69, 9.17) is 4.74 Å². The van der Waals surface area contributed by atoms with Crippen LogP contribution in [0, 0.1) is 5.92 Å². The predicted octanol–water partition coefficient (Wildman–Crippen LogP) is 6.04. The van der Waals surface area contributed by atoms with Gasteiger partial charge in [0.2, 0.25) is 5.91 Å². The molecule has 0 saturated carbocycles. The number of ether oxygens (including phenoxy) is 1. The summed E-state index contributed by atoms with van der Waals surface area (Å²) in [5.74, 6) is -0.125. The molecule has 1 aromatic heterocycles. The molecular weight excluding hydrogens is 502 g/mol. The smallest absolute Gasteiger partial charge is 0.416 e. The number of hydrogen-bond donors (Lipinski definition) is 1. The Morgan fingerprint density at radius 2 is 1.59 bits per heavy atom. The van der Waals surface area contributed by atoms with Crippen molar-refractivity contribution in [1.29, 1.82) is 0 Å². The molecular formula is C25H22F6N4O2. The Labute approximate surface area is 208 Å². The normalized spacial score (nSPS) is 16.4. The average Bonchev–Trinajstić information content (AvgIpc) is 2.88. The lowest BCUT2D eigenvalue weighted by Crippen LogP contribution is -2.41. The first kappa shape index (κ1) is 26.2. The number of hydrogen-bond acceptors (Lipinski definition) is 5. The number of alkyl halides is 6. The maximum atomic E-state index is 13.1. The molecule has 2 aromatic carbocycles. The van der Waals surface area contributed by atoms with Crippen LogP contribution < -0.4 is 15.0 Å². The molecule has 1 atom stereocenters. The summed E-state index contributed by atoms with van der Waals surface area (Å²) < 4.78 is 83.9. The molecule has 12 heteroatoms. The lowest BCUT2D eigenvalue weighted by atomic mass is 9.96. The summed E-state index contributed by atoms with van der Waals surface area (Å²) in [6.45, 7) is 0.760. The number of rotatable bonds is 5.